The number of anilines is 1. The van der Waals surface area contributed by atoms with Crippen molar-refractivity contribution >= 4 is 40.9 Å². The zero-order valence-corrected chi connectivity index (χ0v) is 13.6. The molecule has 0 saturated heterocycles. The van der Waals surface area contributed by atoms with Crippen LogP contribution in [0.3, 0.4) is 0 Å². The summed E-state index contributed by atoms with van der Waals surface area (Å²) in [5, 5.41) is 4.28. The number of esters is 1. The van der Waals surface area contributed by atoms with Crippen LogP contribution in [-0.4, -0.2) is 34.9 Å². The van der Waals surface area contributed by atoms with Crippen molar-refractivity contribution in [1.82, 2.24) is 9.78 Å². The molecule has 0 spiro atoms. The van der Waals surface area contributed by atoms with Gasteiger partial charge in [0, 0.05) is 0 Å². The summed E-state index contributed by atoms with van der Waals surface area (Å²) in [6.07, 6.45) is 1.16. The van der Waals surface area contributed by atoms with Gasteiger partial charge >= 0.3 is 5.97 Å². The van der Waals surface area contributed by atoms with E-state index in [4.69, 9.17) is 38.4 Å². The van der Waals surface area contributed by atoms with Gasteiger partial charge in [0.25, 0.3) is 5.91 Å². The van der Waals surface area contributed by atoms with Gasteiger partial charge in [-0.1, -0.05) is 29.3 Å². The molecule has 0 radical (unpaired) electrons. The molecule has 0 amide bonds. The number of hydrogen-bond donors (Lipinski definition) is 1. The SMILES string of the molecule is CCOC(=O)c1cnn(C(=O)COc2cccc(Cl)c2Cl)c1N. The number of hydrogen-bond acceptors (Lipinski definition) is 6. The molecule has 122 valence electrons. The van der Waals surface area contributed by atoms with Crippen LogP contribution < -0.4 is 10.5 Å². The van der Waals surface area contributed by atoms with Gasteiger partial charge in [-0.05, 0) is 19.1 Å². The third kappa shape index (κ3) is 3.75. The summed E-state index contributed by atoms with van der Waals surface area (Å²) in [6, 6.07) is 4.79. The maximum Gasteiger partial charge on any atom is 0.343 e. The van der Waals surface area contributed by atoms with Gasteiger partial charge < -0.3 is 15.2 Å². The maximum atomic E-state index is 12.1. The molecule has 0 atom stereocenters. The summed E-state index contributed by atoms with van der Waals surface area (Å²) in [6.45, 7) is 1.47. The number of halogens is 2. The average Bonchev–Trinajstić information content (AvgIpc) is 2.90. The van der Waals surface area contributed by atoms with E-state index >= 15 is 0 Å². The Kier molecular flexibility index (Phi) is 5.46. The zero-order valence-electron chi connectivity index (χ0n) is 12.1. The Balaban J connectivity index is 2.10. The van der Waals surface area contributed by atoms with E-state index in [0.717, 1.165) is 10.9 Å². The van der Waals surface area contributed by atoms with Crippen molar-refractivity contribution in [3.8, 4) is 5.75 Å². The Bertz CT molecular complexity index is 746. The van der Waals surface area contributed by atoms with Gasteiger partial charge in [-0.3, -0.25) is 4.79 Å². The lowest BCUT2D eigenvalue weighted by Crippen LogP contribution is -2.22. The first-order valence-corrected chi connectivity index (χ1v) is 7.32. The zero-order chi connectivity index (χ0) is 17.0. The van der Waals surface area contributed by atoms with E-state index in [1.165, 1.54) is 0 Å². The van der Waals surface area contributed by atoms with Gasteiger partial charge in [-0.2, -0.15) is 9.78 Å². The molecule has 1 aromatic carbocycles. The first-order valence-electron chi connectivity index (χ1n) is 6.56. The van der Waals surface area contributed by atoms with E-state index in [0.29, 0.717) is 5.02 Å². The first-order chi connectivity index (χ1) is 11.0. The summed E-state index contributed by atoms with van der Waals surface area (Å²) < 4.78 is 11.0. The second-order valence-electron chi connectivity index (χ2n) is 4.31. The van der Waals surface area contributed by atoms with Crippen molar-refractivity contribution < 1.29 is 19.1 Å². The molecule has 0 aliphatic carbocycles. The van der Waals surface area contributed by atoms with Crippen molar-refractivity contribution in [2.75, 3.05) is 18.9 Å². The largest absolute Gasteiger partial charge is 0.482 e. The molecule has 2 rings (SSSR count). The number of nitrogens with two attached hydrogens (primary N) is 1. The molecule has 9 heteroatoms. The Morgan fingerprint density at radius 2 is 2.09 bits per heavy atom. The molecule has 0 unspecified atom stereocenters. The number of aromatic nitrogens is 2. The summed E-state index contributed by atoms with van der Waals surface area (Å²) in [5.74, 6) is -1.09. The Hall–Kier alpha value is -2.25. The molecule has 0 bridgehead atoms. The van der Waals surface area contributed by atoms with Crippen LogP contribution >= 0.6 is 23.2 Å². The summed E-state index contributed by atoms with van der Waals surface area (Å²) in [7, 11) is 0. The van der Waals surface area contributed by atoms with Crippen LogP contribution in [0.4, 0.5) is 5.82 Å². The molecular formula is C14H13Cl2N3O4. The third-order valence-electron chi connectivity index (χ3n) is 2.81. The van der Waals surface area contributed by atoms with E-state index in [2.05, 4.69) is 5.10 Å². The van der Waals surface area contributed by atoms with Crippen molar-refractivity contribution in [2.45, 2.75) is 6.92 Å². The fraction of sp³-hybridized carbons (Fsp3) is 0.214. The van der Waals surface area contributed by atoms with E-state index in [1.807, 2.05) is 0 Å². The van der Waals surface area contributed by atoms with E-state index < -0.39 is 11.9 Å². The number of carbonyl (C=O) groups excluding carboxylic acids is 2. The number of ether oxygens (including phenoxy) is 2. The van der Waals surface area contributed by atoms with Gasteiger partial charge in [0.2, 0.25) is 0 Å². The highest BCUT2D eigenvalue weighted by Gasteiger charge is 2.20. The topological polar surface area (TPSA) is 96.4 Å². The average molecular weight is 358 g/mol. The van der Waals surface area contributed by atoms with Crippen molar-refractivity contribution in [3.63, 3.8) is 0 Å². The fourth-order valence-corrected chi connectivity index (χ4v) is 2.07. The maximum absolute atomic E-state index is 12.1. The third-order valence-corrected chi connectivity index (χ3v) is 3.61. The fourth-order valence-electron chi connectivity index (χ4n) is 1.72. The monoisotopic (exact) mass is 357 g/mol. The highest BCUT2D eigenvalue weighted by molar-refractivity contribution is 6.42. The molecule has 2 aromatic rings. The summed E-state index contributed by atoms with van der Waals surface area (Å²) in [4.78, 5) is 23.7. The van der Waals surface area contributed by atoms with Crippen LogP contribution in [0.15, 0.2) is 24.4 Å². The highest BCUT2D eigenvalue weighted by atomic mass is 35.5. The molecule has 1 heterocycles. The van der Waals surface area contributed by atoms with Crippen LogP contribution in [-0.2, 0) is 4.74 Å². The lowest BCUT2D eigenvalue weighted by Gasteiger charge is -2.09. The predicted octanol–water partition coefficient (Wildman–Crippen LogP) is 2.67. The minimum atomic E-state index is -0.650. The van der Waals surface area contributed by atoms with Crippen molar-refractivity contribution in [1.29, 1.82) is 0 Å². The normalized spacial score (nSPS) is 10.4. The molecule has 23 heavy (non-hydrogen) atoms. The number of rotatable bonds is 5. The summed E-state index contributed by atoms with van der Waals surface area (Å²) >= 11 is 11.8. The highest BCUT2D eigenvalue weighted by Crippen LogP contribution is 2.31. The van der Waals surface area contributed by atoms with Gasteiger partial charge in [-0.25, -0.2) is 4.79 Å². The van der Waals surface area contributed by atoms with Crippen LogP contribution in [0, 0.1) is 0 Å². The molecule has 0 aliphatic rings. The molecule has 0 saturated carbocycles. The van der Waals surface area contributed by atoms with Gasteiger partial charge in [0.1, 0.15) is 22.2 Å². The molecule has 0 aliphatic heterocycles. The van der Waals surface area contributed by atoms with Crippen LogP contribution in [0.2, 0.25) is 10.0 Å². The van der Waals surface area contributed by atoms with E-state index in [9.17, 15) is 9.59 Å². The Morgan fingerprint density at radius 3 is 2.78 bits per heavy atom. The molecule has 1 aromatic heterocycles. The van der Waals surface area contributed by atoms with Crippen molar-refractivity contribution in [3.05, 3.63) is 40.0 Å². The second kappa shape index (κ2) is 7.34. The Labute approximate surface area is 141 Å². The summed E-state index contributed by atoms with van der Waals surface area (Å²) in [5.41, 5.74) is 5.75. The minimum Gasteiger partial charge on any atom is -0.482 e. The van der Waals surface area contributed by atoms with Gasteiger partial charge in [-0.15, -0.1) is 0 Å². The van der Waals surface area contributed by atoms with Crippen LogP contribution in [0.1, 0.15) is 22.1 Å². The van der Waals surface area contributed by atoms with Gasteiger partial charge in [0.15, 0.2) is 6.61 Å². The number of carbonyl (C=O) groups is 2. The molecular weight excluding hydrogens is 345 g/mol. The molecule has 2 N–H and O–H groups in total. The quantitative estimate of drug-likeness (QED) is 0.826. The standard InChI is InChI=1S/C14H13Cl2N3O4/c1-2-22-14(21)8-6-18-19(13(8)17)11(20)7-23-10-5-3-4-9(15)12(10)16/h3-6H,2,7,17H2,1H3. The number of nitrogens with zero attached hydrogens (tertiary/aromatic N) is 2. The minimum absolute atomic E-state index is 0.0148. The smallest absolute Gasteiger partial charge is 0.343 e. The van der Waals surface area contributed by atoms with Crippen LogP contribution in [0.25, 0.3) is 0 Å². The van der Waals surface area contributed by atoms with E-state index in [1.54, 1.807) is 25.1 Å². The predicted molar refractivity (Wildman–Crippen MR) is 85.2 cm³/mol. The lowest BCUT2D eigenvalue weighted by molar-refractivity contribution is 0.0527. The number of benzene rings is 1. The lowest BCUT2D eigenvalue weighted by atomic mass is 10.3. The molecule has 0 fully saturated rings. The first kappa shape index (κ1) is 17.1. The molecule has 7 nitrogen and oxygen atoms in total. The van der Waals surface area contributed by atoms with Crippen LogP contribution in [0.5, 0.6) is 5.75 Å². The van der Waals surface area contributed by atoms with E-state index in [-0.39, 0.29) is 35.4 Å². The number of nitrogen functional groups attached to an aromatic ring is 1. The Morgan fingerprint density at radius 1 is 1.35 bits per heavy atom. The second-order valence-corrected chi connectivity index (χ2v) is 5.10. The van der Waals surface area contributed by atoms with Crippen molar-refractivity contribution in [2.24, 2.45) is 0 Å². The van der Waals surface area contributed by atoms with Gasteiger partial charge in [0.05, 0.1) is 17.8 Å².